The van der Waals surface area contributed by atoms with Gasteiger partial charge < -0.3 is 4.57 Å². The molecule has 4 rings (SSSR count). The van der Waals surface area contributed by atoms with Crippen LogP contribution >= 0.6 is 0 Å². The molecule has 5 nitrogen and oxygen atoms in total. The molecule has 0 fully saturated rings. The second kappa shape index (κ2) is 7.53. The summed E-state index contributed by atoms with van der Waals surface area (Å²) in [6.45, 7) is 0.588. The third kappa shape index (κ3) is 3.67. The molecule has 0 spiro atoms. The van der Waals surface area contributed by atoms with E-state index in [1.165, 1.54) is 12.1 Å². The molecule has 0 radical (unpaired) electrons. The first-order chi connectivity index (χ1) is 13.5. The van der Waals surface area contributed by atoms with E-state index in [-0.39, 0.29) is 11.4 Å². The van der Waals surface area contributed by atoms with Crippen molar-refractivity contribution in [1.82, 2.24) is 14.3 Å². The van der Waals surface area contributed by atoms with E-state index in [1.807, 2.05) is 59.2 Å². The summed E-state index contributed by atoms with van der Waals surface area (Å²) in [5.41, 5.74) is 2.74. The zero-order chi connectivity index (χ0) is 19.6. The van der Waals surface area contributed by atoms with E-state index in [2.05, 4.69) is 4.72 Å². The van der Waals surface area contributed by atoms with Crippen molar-refractivity contribution in [2.75, 3.05) is 6.54 Å². The minimum Gasteiger partial charge on any atom is -0.323 e. The average molecular weight is 395 g/mol. The first kappa shape index (κ1) is 18.3. The Morgan fingerprint density at radius 2 is 1.57 bits per heavy atom. The number of nitrogens with zero attached hydrogens (tertiary/aromatic N) is 2. The van der Waals surface area contributed by atoms with Crippen LogP contribution in [0.25, 0.3) is 22.4 Å². The SMILES string of the molecule is O=S(=O)(NCCn1c(-c2ccccc2)nc2ccccc21)c1ccc(F)cc1. The normalized spacial score (nSPS) is 11.8. The molecule has 1 heterocycles. The van der Waals surface area contributed by atoms with Crippen molar-refractivity contribution in [3.63, 3.8) is 0 Å². The maximum absolute atomic E-state index is 13.0. The van der Waals surface area contributed by atoms with E-state index >= 15 is 0 Å². The van der Waals surface area contributed by atoms with E-state index in [1.54, 1.807) is 0 Å². The van der Waals surface area contributed by atoms with Gasteiger partial charge in [-0.3, -0.25) is 0 Å². The number of hydrogen-bond acceptors (Lipinski definition) is 3. The Hall–Kier alpha value is -3.03. The van der Waals surface area contributed by atoms with Crippen LogP contribution in [0.15, 0.2) is 83.8 Å². The Kier molecular flexibility index (Phi) is 4.93. The van der Waals surface area contributed by atoms with Crippen molar-refractivity contribution in [2.24, 2.45) is 0 Å². The molecule has 0 saturated carbocycles. The highest BCUT2D eigenvalue weighted by molar-refractivity contribution is 7.89. The molecule has 0 unspecified atom stereocenters. The molecular weight excluding hydrogens is 377 g/mol. The van der Waals surface area contributed by atoms with Crippen LogP contribution < -0.4 is 4.72 Å². The number of imidazole rings is 1. The van der Waals surface area contributed by atoms with Gasteiger partial charge in [0.15, 0.2) is 0 Å². The second-order valence-electron chi connectivity index (χ2n) is 6.29. The zero-order valence-electron chi connectivity index (χ0n) is 14.9. The van der Waals surface area contributed by atoms with Crippen molar-refractivity contribution in [3.8, 4) is 11.4 Å². The van der Waals surface area contributed by atoms with Gasteiger partial charge in [-0.25, -0.2) is 22.5 Å². The van der Waals surface area contributed by atoms with E-state index in [0.29, 0.717) is 6.54 Å². The van der Waals surface area contributed by atoms with Crippen LogP contribution in [0.5, 0.6) is 0 Å². The quantitative estimate of drug-likeness (QED) is 0.540. The standard InChI is InChI=1S/C21H18FN3O2S/c22-17-10-12-18(13-11-17)28(26,27)23-14-15-25-20-9-5-4-8-19(20)24-21(25)16-6-2-1-3-7-16/h1-13,23H,14-15H2. The Labute approximate surface area is 162 Å². The van der Waals surface area contributed by atoms with Gasteiger partial charge in [0, 0.05) is 18.7 Å². The first-order valence-corrected chi connectivity index (χ1v) is 10.3. The van der Waals surface area contributed by atoms with E-state index in [9.17, 15) is 12.8 Å². The number of halogens is 1. The molecule has 0 aliphatic rings. The maximum atomic E-state index is 13.0. The summed E-state index contributed by atoms with van der Waals surface area (Å²) < 4.78 is 42.5. The number of rotatable bonds is 6. The molecule has 4 aromatic rings. The van der Waals surface area contributed by atoms with Gasteiger partial charge >= 0.3 is 0 Å². The molecule has 7 heteroatoms. The van der Waals surface area contributed by atoms with Crippen molar-refractivity contribution in [1.29, 1.82) is 0 Å². The highest BCUT2D eigenvalue weighted by Crippen LogP contribution is 2.24. The summed E-state index contributed by atoms with van der Waals surface area (Å²) in [4.78, 5) is 4.74. The lowest BCUT2D eigenvalue weighted by molar-refractivity contribution is 0.574. The molecule has 142 valence electrons. The van der Waals surface area contributed by atoms with Gasteiger partial charge in [0.2, 0.25) is 10.0 Å². The number of fused-ring (bicyclic) bond motifs is 1. The number of sulfonamides is 1. The highest BCUT2D eigenvalue weighted by atomic mass is 32.2. The van der Waals surface area contributed by atoms with Crippen LogP contribution in [0, 0.1) is 5.82 Å². The van der Waals surface area contributed by atoms with Crippen LogP contribution in [0.2, 0.25) is 0 Å². The Balaban J connectivity index is 1.60. The maximum Gasteiger partial charge on any atom is 0.240 e. The number of aromatic nitrogens is 2. The van der Waals surface area contributed by atoms with Crippen molar-refractivity contribution >= 4 is 21.1 Å². The van der Waals surface area contributed by atoms with Gasteiger partial charge in [0.05, 0.1) is 15.9 Å². The predicted molar refractivity (Wildman–Crippen MR) is 107 cm³/mol. The lowest BCUT2D eigenvalue weighted by atomic mass is 10.2. The van der Waals surface area contributed by atoms with Gasteiger partial charge in [0.1, 0.15) is 11.6 Å². The molecule has 0 atom stereocenters. The third-order valence-corrected chi connectivity index (χ3v) is 5.91. The molecule has 0 saturated heterocycles. The average Bonchev–Trinajstić information content (AvgIpc) is 3.08. The monoisotopic (exact) mass is 395 g/mol. The first-order valence-electron chi connectivity index (χ1n) is 8.80. The van der Waals surface area contributed by atoms with Crippen LogP contribution in [-0.4, -0.2) is 24.5 Å². The van der Waals surface area contributed by atoms with Crippen LogP contribution in [0.1, 0.15) is 0 Å². The molecule has 0 bridgehead atoms. The van der Waals surface area contributed by atoms with Crippen LogP contribution in [0.3, 0.4) is 0 Å². The van der Waals surface area contributed by atoms with E-state index in [4.69, 9.17) is 4.98 Å². The summed E-state index contributed by atoms with van der Waals surface area (Å²) in [5, 5.41) is 0. The summed E-state index contributed by atoms with van der Waals surface area (Å²) in [5.74, 6) is 0.305. The highest BCUT2D eigenvalue weighted by Gasteiger charge is 2.16. The fourth-order valence-corrected chi connectivity index (χ4v) is 4.12. The number of hydrogen-bond donors (Lipinski definition) is 1. The van der Waals surface area contributed by atoms with Crippen molar-refractivity contribution in [3.05, 3.63) is 84.7 Å². The second-order valence-corrected chi connectivity index (χ2v) is 8.06. The molecule has 0 amide bonds. The van der Waals surface area contributed by atoms with Crippen molar-refractivity contribution < 1.29 is 12.8 Å². The lowest BCUT2D eigenvalue weighted by Crippen LogP contribution is -2.27. The van der Waals surface area contributed by atoms with Crippen LogP contribution in [0.4, 0.5) is 4.39 Å². The minimum atomic E-state index is -3.71. The molecular formula is C21H18FN3O2S. The van der Waals surface area contributed by atoms with Gasteiger partial charge in [-0.1, -0.05) is 42.5 Å². The summed E-state index contributed by atoms with van der Waals surface area (Å²) in [6, 6.07) is 22.3. The topological polar surface area (TPSA) is 64.0 Å². The van der Waals surface area contributed by atoms with E-state index in [0.717, 1.165) is 34.6 Å². The zero-order valence-corrected chi connectivity index (χ0v) is 15.7. The van der Waals surface area contributed by atoms with Gasteiger partial charge in [-0.15, -0.1) is 0 Å². The van der Waals surface area contributed by atoms with Crippen LogP contribution in [-0.2, 0) is 16.6 Å². The van der Waals surface area contributed by atoms with Gasteiger partial charge in [0.25, 0.3) is 0 Å². The molecule has 0 aliphatic carbocycles. The minimum absolute atomic E-state index is 0.0349. The molecule has 3 aromatic carbocycles. The largest absolute Gasteiger partial charge is 0.323 e. The third-order valence-electron chi connectivity index (χ3n) is 4.44. The fourth-order valence-electron chi connectivity index (χ4n) is 3.10. The van der Waals surface area contributed by atoms with Gasteiger partial charge in [-0.05, 0) is 36.4 Å². The molecule has 1 N–H and O–H groups in total. The molecule has 1 aromatic heterocycles. The predicted octanol–water partition coefficient (Wildman–Crippen LogP) is 3.82. The number of nitrogens with one attached hydrogen (secondary N) is 1. The Morgan fingerprint density at radius 1 is 0.893 bits per heavy atom. The van der Waals surface area contributed by atoms with E-state index < -0.39 is 15.8 Å². The summed E-state index contributed by atoms with van der Waals surface area (Å²) in [7, 11) is -3.71. The smallest absolute Gasteiger partial charge is 0.240 e. The van der Waals surface area contributed by atoms with Crippen molar-refractivity contribution in [2.45, 2.75) is 11.4 Å². The summed E-state index contributed by atoms with van der Waals surface area (Å²) in [6.07, 6.45) is 0. The summed E-state index contributed by atoms with van der Waals surface area (Å²) >= 11 is 0. The van der Waals surface area contributed by atoms with Gasteiger partial charge in [-0.2, -0.15) is 0 Å². The lowest BCUT2D eigenvalue weighted by Gasteiger charge is -2.11. The fraction of sp³-hybridized carbons (Fsp3) is 0.0952. The Morgan fingerprint density at radius 3 is 2.32 bits per heavy atom. The molecule has 0 aliphatic heterocycles. The number of benzene rings is 3. The Bertz CT molecular complexity index is 1200. The number of para-hydroxylation sites is 2. The molecule has 28 heavy (non-hydrogen) atoms.